The molecule has 1 nitrogen and oxygen atoms in total. The van der Waals surface area contributed by atoms with Gasteiger partial charge in [0.25, 0.3) is 0 Å². The van der Waals surface area contributed by atoms with E-state index in [0.29, 0.717) is 5.75 Å². The molecule has 0 aromatic heterocycles. The molecule has 102 valence electrons. The molecule has 1 aromatic carbocycles. The van der Waals surface area contributed by atoms with Gasteiger partial charge in [-0.15, -0.1) is 11.8 Å². The Kier molecular flexibility index (Phi) is 5.95. The van der Waals surface area contributed by atoms with Crippen LogP contribution in [0.1, 0.15) is 19.3 Å². The summed E-state index contributed by atoms with van der Waals surface area (Å²) in [6.45, 7) is 0. The second kappa shape index (κ2) is 6.99. The lowest BCUT2D eigenvalue weighted by Gasteiger charge is -2.11. The number of aliphatic hydroxyl groups excluding tert-OH is 1. The number of aliphatic hydroxyl groups is 1. The third kappa shape index (κ3) is 6.86. The maximum absolute atomic E-state index is 12.6. The van der Waals surface area contributed by atoms with E-state index in [-0.39, 0.29) is 18.7 Å². The van der Waals surface area contributed by atoms with Crippen LogP contribution in [0.3, 0.4) is 0 Å². The lowest BCUT2D eigenvalue weighted by molar-refractivity contribution is -0.136. The molecule has 1 atom stereocenters. The van der Waals surface area contributed by atoms with Crippen molar-refractivity contribution in [3.63, 3.8) is 0 Å². The molecule has 0 saturated heterocycles. The molecule has 0 radical (unpaired) electrons. The average Bonchev–Trinajstić information content (AvgIpc) is 2.26. The fourth-order valence-electron chi connectivity index (χ4n) is 1.34. The fraction of sp³-hybridized carbons (Fsp3) is 0.500. The van der Waals surface area contributed by atoms with Crippen molar-refractivity contribution in [1.82, 2.24) is 0 Å². The topological polar surface area (TPSA) is 20.2 Å². The summed E-state index contributed by atoms with van der Waals surface area (Å²) in [6.07, 6.45) is -5.76. The molecule has 1 unspecified atom stereocenters. The van der Waals surface area contributed by atoms with E-state index in [0.717, 1.165) is 4.90 Å². The van der Waals surface area contributed by atoms with E-state index in [1.165, 1.54) is 23.9 Å². The van der Waals surface area contributed by atoms with Gasteiger partial charge >= 0.3 is 6.18 Å². The van der Waals surface area contributed by atoms with Gasteiger partial charge in [0.15, 0.2) is 0 Å². The highest BCUT2D eigenvalue weighted by molar-refractivity contribution is 7.99. The first-order valence-electron chi connectivity index (χ1n) is 5.50. The SMILES string of the molecule is OC(CCCC(F)(F)F)CSc1ccc(F)cc1. The Balaban J connectivity index is 2.21. The first-order valence-corrected chi connectivity index (χ1v) is 6.48. The van der Waals surface area contributed by atoms with Gasteiger partial charge in [-0.1, -0.05) is 0 Å². The second-order valence-corrected chi connectivity index (χ2v) is 5.02. The van der Waals surface area contributed by atoms with E-state index >= 15 is 0 Å². The van der Waals surface area contributed by atoms with Crippen LogP contribution in [0.2, 0.25) is 0 Å². The van der Waals surface area contributed by atoms with Crippen molar-refractivity contribution in [3.8, 4) is 0 Å². The van der Waals surface area contributed by atoms with Gasteiger partial charge in [-0.25, -0.2) is 4.39 Å². The van der Waals surface area contributed by atoms with E-state index < -0.39 is 18.7 Å². The Morgan fingerprint density at radius 3 is 2.33 bits per heavy atom. The molecule has 1 rings (SSSR count). The maximum atomic E-state index is 12.6. The molecule has 18 heavy (non-hydrogen) atoms. The van der Waals surface area contributed by atoms with Crippen LogP contribution in [-0.2, 0) is 0 Å². The van der Waals surface area contributed by atoms with Crippen LogP contribution in [-0.4, -0.2) is 23.1 Å². The average molecular weight is 282 g/mol. The molecule has 1 N–H and O–H groups in total. The quantitative estimate of drug-likeness (QED) is 0.628. The minimum atomic E-state index is -4.16. The summed E-state index contributed by atoms with van der Waals surface area (Å²) in [6, 6.07) is 5.75. The number of halogens is 4. The molecule has 0 aliphatic heterocycles. The van der Waals surface area contributed by atoms with Crippen molar-refractivity contribution in [2.45, 2.75) is 36.4 Å². The van der Waals surface area contributed by atoms with Gasteiger partial charge in [0.2, 0.25) is 0 Å². The van der Waals surface area contributed by atoms with Crippen molar-refractivity contribution in [2.75, 3.05) is 5.75 Å². The van der Waals surface area contributed by atoms with Gasteiger partial charge in [-0.2, -0.15) is 13.2 Å². The maximum Gasteiger partial charge on any atom is 0.389 e. The highest BCUT2D eigenvalue weighted by Gasteiger charge is 2.26. The van der Waals surface area contributed by atoms with Crippen molar-refractivity contribution >= 4 is 11.8 Å². The van der Waals surface area contributed by atoms with Crippen LogP contribution in [0.15, 0.2) is 29.2 Å². The number of alkyl halides is 3. The van der Waals surface area contributed by atoms with Crippen LogP contribution < -0.4 is 0 Å². The molecule has 0 bridgehead atoms. The predicted octanol–water partition coefficient (Wildman–Crippen LogP) is 4.01. The smallest absolute Gasteiger partial charge is 0.389 e. The molecule has 0 aliphatic rings. The molecule has 0 saturated carbocycles. The second-order valence-electron chi connectivity index (χ2n) is 3.93. The molecule has 0 aliphatic carbocycles. The number of hydrogen-bond donors (Lipinski definition) is 1. The normalized spacial score (nSPS) is 13.6. The van der Waals surface area contributed by atoms with Crippen LogP contribution in [0.25, 0.3) is 0 Å². The molecular formula is C12H14F4OS. The Labute approximate surface area is 107 Å². The van der Waals surface area contributed by atoms with Gasteiger partial charge < -0.3 is 5.11 Å². The van der Waals surface area contributed by atoms with Gasteiger partial charge in [0, 0.05) is 17.1 Å². The largest absolute Gasteiger partial charge is 0.392 e. The van der Waals surface area contributed by atoms with E-state index in [4.69, 9.17) is 0 Å². The zero-order valence-electron chi connectivity index (χ0n) is 9.58. The first kappa shape index (κ1) is 15.3. The zero-order chi connectivity index (χ0) is 13.6. The van der Waals surface area contributed by atoms with Crippen LogP contribution in [0, 0.1) is 5.82 Å². The summed E-state index contributed by atoms with van der Waals surface area (Å²) >= 11 is 1.30. The van der Waals surface area contributed by atoms with Crippen LogP contribution >= 0.6 is 11.8 Å². The molecule has 0 heterocycles. The lowest BCUT2D eigenvalue weighted by atomic mass is 10.2. The van der Waals surface area contributed by atoms with Gasteiger partial charge in [0.05, 0.1) is 6.10 Å². The third-order valence-corrected chi connectivity index (χ3v) is 3.41. The monoisotopic (exact) mass is 282 g/mol. The Morgan fingerprint density at radius 2 is 1.78 bits per heavy atom. The third-order valence-electron chi connectivity index (χ3n) is 2.25. The Bertz CT molecular complexity index is 350. The molecular weight excluding hydrogens is 268 g/mol. The summed E-state index contributed by atoms with van der Waals surface area (Å²) in [5.74, 6) is -0.0335. The standard InChI is InChI=1S/C12H14F4OS/c13-9-3-5-11(6-4-9)18-8-10(17)2-1-7-12(14,15)16/h3-6,10,17H,1-2,7-8H2. The summed E-state index contributed by atoms with van der Waals surface area (Å²) in [5.41, 5.74) is 0. The van der Waals surface area contributed by atoms with Crippen LogP contribution in [0.5, 0.6) is 0 Å². The highest BCUT2D eigenvalue weighted by Crippen LogP contribution is 2.24. The molecule has 1 aromatic rings. The molecule has 0 amide bonds. The van der Waals surface area contributed by atoms with Crippen molar-refractivity contribution in [2.24, 2.45) is 0 Å². The highest BCUT2D eigenvalue weighted by atomic mass is 32.2. The van der Waals surface area contributed by atoms with Gasteiger partial charge in [0.1, 0.15) is 5.82 Å². The van der Waals surface area contributed by atoms with Crippen molar-refractivity contribution in [1.29, 1.82) is 0 Å². The molecule has 0 spiro atoms. The summed E-state index contributed by atoms with van der Waals surface area (Å²) in [5, 5.41) is 9.50. The van der Waals surface area contributed by atoms with Gasteiger partial charge in [-0.3, -0.25) is 0 Å². The van der Waals surface area contributed by atoms with Crippen molar-refractivity contribution in [3.05, 3.63) is 30.1 Å². The van der Waals surface area contributed by atoms with E-state index in [1.807, 2.05) is 0 Å². The first-order chi connectivity index (χ1) is 8.37. The van der Waals surface area contributed by atoms with E-state index in [2.05, 4.69) is 0 Å². The summed E-state index contributed by atoms with van der Waals surface area (Å²) < 4.78 is 48.2. The number of benzene rings is 1. The summed E-state index contributed by atoms with van der Waals surface area (Å²) in [4.78, 5) is 0.784. The summed E-state index contributed by atoms with van der Waals surface area (Å²) in [7, 11) is 0. The fourth-order valence-corrected chi connectivity index (χ4v) is 2.22. The lowest BCUT2D eigenvalue weighted by Crippen LogP contribution is -2.13. The van der Waals surface area contributed by atoms with E-state index in [1.54, 1.807) is 12.1 Å². The molecule has 6 heteroatoms. The number of hydrogen-bond acceptors (Lipinski definition) is 2. The minimum Gasteiger partial charge on any atom is -0.392 e. The van der Waals surface area contributed by atoms with Crippen LogP contribution in [0.4, 0.5) is 17.6 Å². The van der Waals surface area contributed by atoms with E-state index in [9.17, 15) is 22.7 Å². The number of rotatable bonds is 6. The Hall–Kier alpha value is -0.750. The van der Waals surface area contributed by atoms with Gasteiger partial charge in [-0.05, 0) is 37.1 Å². The molecule has 0 fully saturated rings. The zero-order valence-corrected chi connectivity index (χ0v) is 10.4. The Morgan fingerprint density at radius 1 is 1.17 bits per heavy atom. The predicted molar refractivity (Wildman–Crippen MR) is 63.0 cm³/mol. The van der Waals surface area contributed by atoms with Crippen molar-refractivity contribution < 1.29 is 22.7 Å². The number of thioether (sulfide) groups is 1. The minimum absolute atomic E-state index is 0.0748.